The molecule has 2 aliphatic carbocycles. The van der Waals surface area contributed by atoms with Gasteiger partial charge in [0.15, 0.2) is 0 Å². The van der Waals surface area contributed by atoms with Gasteiger partial charge >= 0.3 is 0 Å². The average Bonchev–Trinajstić information content (AvgIpc) is 2.95. The summed E-state index contributed by atoms with van der Waals surface area (Å²) in [6, 6.07) is -0.0468. The number of hydrogen-bond acceptors (Lipinski definition) is 3. The molecule has 0 aromatic carbocycles. The molecular formula is C14H20N2O2. The lowest BCUT2D eigenvalue weighted by Crippen LogP contribution is -2.40. The number of carbonyl (C=O) groups excluding carboxylic acids is 2. The molecule has 18 heavy (non-hydrogen) atoms. The van der Waals surface area contributed by atoms with Gasteiger partial charge in [-0.1, -0.05) is 11.6 Å². The molecule has 98 valence electrons. The Balaban J connectivity index is 1.48. The first-order valence-corrected chi connectivity index (χ1v) is 7.03. The van der Waals surface area contributed by atoms with E-state index in [9.17, 15) is 9.59 Å². The Labute approximate surface area is 107 Å². The first-order valence-electron chi connectivity index (χ1n) is 7.03. The molecule has 1 unspecified atom stereocenters. The predicted octanol–water partition coefficient (Wildman–Crippen LogP) is 1.37. The molecule has 0 radical (unpaired) electrons. The highest BCUT2D eigenvalue weighted by Gasteiger charge is 2.45. The highest BCUT2D eigenvalue weighted by molar-refractivity contribution is 6.06. The number of hydrogen-bond donors (Lipinski definition) is 1. The van der Waals surface area contributed by atoms with Crippen LogP contribution in [0.25, 0.3) is 0 Å². The molecule has 2 amide bonds. The molecule has 1 aliphatic heterocycles. The molecule has 1 N–H and O–H groups in total. The van der Waals surface area contributed by atoms with Crippen LogP contribution in [0.3, 0.4) is 0 Å². The van der Waals surface area contributed by atoms with E-state index in [0.717, 1.165) is 25.8 Å². The van der Waals surface area contributed by atoms with Crippen molar-refractivity contribution in [1.82, 2.24) is 10.2 Å². The summed E-state index contributed by atoms with van der Waals surface area (Å²) in [7, 11) is 0. The Hall–Kier alpha value is -1.16. The minimum Gasteiger partial charge on any atom is -0.305 e. The first kappa shape index (κ1) is 11.9. The summed E-state index contributed by atoms with van der Waals surface area (Å²) >= 11 is 0. The van der Waals surface area contributed by atoms with E-state index in [1.165, 1.54) is 29.7 Å². The van der Waals surface area contributed by atoms with Gasteiger partial charge in [0, 0.05) is 6.04 Å². The number of rotatable bonds is 5. The lowest BCUT2D eigenvalue weighted by molar-refractivity contribution is -0.139. The molecule has 1 atom stereocenters. The van der Waals surface area contributed by atoms with Crippen LogP contribution < -0.4 is 5.32 Å². The maximum atomic E-state index is 12.1. The van der Waals surface area contributed by atoms with Gasteiger partial charge in [0.25, 0.3) is 0 Å². The Morgan fingerprint density at radius 3 is 2.83 bits per heavy atom. The zero-order chi connectivity index (χ0) is 12.5. The predicted molar refractivity (Wildman–Crippen MR) is 67.8 cm³/mol. The van der Waals surface area contributed by atoms with Crippen molar-refractivity contribution in [2.24, 2.45) is 0 Å². The number of imide groups is 1. The van der Waals surface area contributed by atoms with Gasteiger partial charge in [0.05, 0.1) is 12.5 Å². The topological polar surface area (TPSA) is 49.4 Å². The largest absolute Gasteiger partial charge is 0.305 e. The molecule has 1 saturated heterocycles. The van der Waals surface area contributed by atoms with Gasteiger partial charge in [0.1, 0.15) is 0 Å². The minimum atomic E-state index is -0.264. The second-order valence-corrected chi connectivity index (χ2v) is 5.55. The Morgan fingerprint density at radius 1 is 1.33 bits per heavy atom. The molecule has 4 nitrogen and oxygen atoms in total. The van der Waals surface area contributed by atoms with Gasteiger partial charge in [-0.15, -0.1) is 0 Å². The summed E-state index contributed by atoms with van der Waals surface area (Å²) in [6.45, 7) is 0.814. The molecule has 0 bridgehead atoms. The third kappa shape index (κ3) is 2.34. The third-order valence-electron chi connectivity index (χ3n) is 4.07. The zero-order valence-electron chi connectivity index (χ0n) is 10.7. The number of nitrogens with zero attached hydrogens (tertiary/aromatic N) is 1. The minimum absolute atomic E-state index is 0.00269. The van der Waals surface area contributed by atoms with Gasteiger partial charge in [-0.3, -0.25) is 14.5 Å². The van der Waals surface area contributed by atoms with E-state index in [-0.39, 0.29) is 23.9 Å². The van der Waals surface area contributed by atoms with E-state index in [1.807, 2.05) is 0 Å². The fourth-order valence-electron chi connectivity index (χ4n) is 2.90. The van der Waals surface area contributed by atoms with Gasteiger partial charge in [0.2, 0.25) is 11.8 Å². The number of nitrogens with one attached hydrogen (secondary N) is 1. The zero-order valence-corrected chi connectivity index (χ0v) is 10.7. The van der Waals surface area contributed by atoms with Crippen molar-refractivity contribution in [3.05, 3.63) is 11.6 Å². The SMILES string of the molecule is O=C1CC(NCCC2=CCCC2)C(=O)N1C1CC1. The standard InChI is InChI=1S/C14H20N2O2/c17-13-9-12(14(18)16(13)11-5-6-11)15-8-7-10-3-1-2-4-10/h3,11-12,15H,1-2,4-9H2. The number of likely N-dealkylation sites (tertiary alicyclic amines) is 1. The van der Waals surface area contributed by atoms with E-state index in [4.69, 9.17) is 0 Å². The van der Waals surface area contributed by atoms with E-state index >= 15 is 0 Å². The van der Waals surface area contributed by atoms with Crippen LogP contribution in [-0.4, -0.2) is 35.3 Å². The molecule has 3 aliphatic rings. The van der Waals surface area contributed by atoms with Crippen molar-refractivity contribution in [1.29, 1.82) is 0 Å². The van der Waals surface area contributed by atoms with Gasteiger partial charge in [-0.25, -0.2) is 0 Å². The van der Waals surface area contributed by atoms with Crippen LogP contribution in [0.1, 0.15) is 44.9 Å². The summed E-state index contributed by atoms with van der Waals surface area (Å²) in [4.78, 5) is 25.3. The summed E-state index contributed by atoms with van der Waals surface area (Å²) in [5.74, 6) is 0.0167. The number of amides is 2. The molecule has 1 heterocycles. The van der Waals surface area contributed by atoms with E-state index < -0.39 is 0 Å². The molecule has 0 aromatic rings. The summed E-state index contributed by atoms with van der Waals surface area (Å²) in [5, 5.41) is 3.25. The molecular weight excluding hydrogens is 228 g/mol. The van der Waals surface area contributed by atoms with Crippen molar-refractivity contribution in [3.63, 3.8) is 0 Å². The van der Waals surface area contributed by atoms with Crippen LogP contribution in [0.5, 0.6) is 0 Å². The van der Waals surface area contributed by atoms with Crippen LogP contribution in [0.2, 0.25) is 0 Å². The monoisotopic (exact) mass is 248 g/mol. The van der Waals surface area contributed by atoms with Crippen molar-refractivity contribution < 1.29 is 9.59 Å². The lowest BCUT2D eigenvalue weighted by atomic mass is 10.1. The van der Waals surface area contributed by atoms with E-state index in [2.05, 4.69) is 11.4 Å². The normalized spacial score (nSPS) is 28.1. The summed E-state index contributed by atoms with van der Waals surface area (Å²) < 4.78 is 0. The van der Waals surface area contributed by atoms with Crippen LogP contribution in [0.15, 0.2) is 11.6 Å². The second kappa shape index (κ2) is 4.84. The van der Waals surface area contributed by atoms with Crippen molar-refractivity contribution in [2.45, 2.75) is 57.0 Å². The fourth-order valence-corrected chi connectivity index (χ4v) is 2.90. The average molecular weight is 248 g/mol. The Kier molecular flexibility index (Phi) is 3.20. The smallest absolute Gasteiger partial charge is 0.247 e. The molecule has 3 rings (SSSR count). The summed E-state index contributed by atoms with van der Waals surface area (Å²) in [5.41, 5.74) is 1.50. The number of carbonyl (C=O) groups is 2. The summed E-state index contributed by atoms with van der Waals surface area (Å²) in [6.07, 6.45) is 9.34. The van der Waals surface area contributed by atoms with Crippen LogP contribution >= 0.6 is 0 Å². The number of allylic oxidation sites excluding steroid dienone is 1. The maximum absolute atomic E-state index is 12.1. The van der Waals surface area contributed by atoms with Gasteiger partial charge in [-0.05, 0) is 45.1 Å². The Bertz CT molecular complexity index is 399. The third-order valence-corrected chi connectivity index (χ3v) is 4.07. The molecule has 0 spiro atoms. The highest BCUT2D eigenvalue weighted by atomic mass is 16.2. The fraction of sp³-hybridized carbons (Fsp3) is 0.714. The van der Waals surface area contributed by atoms with Crippen molar-refractivity contribution >= 4 is 11.8 Å². The van der Waals surface area contributed by atoms with Gasteiger partial charge < -0.3 is 5.32 Å². The lowest BCUT2D eigenvalue weighted by Gasteiger charge is -2.14. The van der Waals surface area contributed by atoms with Crippen LogP contribution in [0.4, 0.5) is 0 Å². The maximum Gasteiger partial charge on any atom is 0.247 e. The molecule has 1 saturated carbocycles. The van der Waals surface area contributed by atoms with Crippen LogP contribution in [0, 0.1) is 0 Å². The quantitative estimate of drug-likeness (QED) is 0.590. The molecule has 0 aromatic heterocycles. The van der Waals surface area contributed by atoms with E-state index in [1.54, 1.807) is 0 Å². The first-order chi connectivity index (χ1) is 8.75. The van der Waals surface area contributed by atoms with Crippen LogP contribution in [-0.2, 0) is 9.59 Å². The van der Waals surface area contributed by atoms with Crippen molar-refractivity contribution in [2.75, 3.05) is 6.54 Å². The second-order valence-electron chi connectivity index (χ2n) is 5.55. The van der Waals surface area contributed by atoms with Gasteiger partial charge in [-0.2, -0.15) is 0 Å². The Morgan fingerprint density at radius 2 is 2.17 bits per heavy atom. The van der Waals surface area contributed by atoms with E-state index in [0.29, 0.717) is 6.42 Å². The highest BCUT2D eigenvalue weighted by Crippen LogP contribution is 2.31. The molecule has 4 heteroatoms. The van der Waals surface area contributed by atoms with Crippen molar-refractivity contribution in [3.8, 4) is 0 Å². The molecule has 2 fully saturated rings.